The minimum atomic E-state index is -3.67. The van der Waals surface area contributed by atoms with Crippen LogP contribution in [0.3, 0.4) is 0 Å². The highest BCUT2D eigenvalue weighted by Gasteiger charge is 2.42. The maximum atomic E-state index is 12.7. The quantitative estimate of drug-likeness (QED) is 0.656. The molecule has 2 unspecified atom stereocenters. The van der Waals surface area contributed by atoms with Crippen LogP contribution in [0.1, 0.15) is 5.56 Å². The van der Waals surface area contributed by atoms with Gasteiger partial charge in [-0.1, -0.05) is 6.07 Å². The molecule has 8 heteroatoms. The van der Waals surface area contributed by atoms with Crippen LogP contribution in [0, 0.1) is 28.9 Å². The van der Waals surface area contributed by atoms with Crippen LogP contribution >= 0.6 is 0 Å². The summed E-state index contributed by atoms with van der Waals surface area (Å²) in [7, 11) is -3.67. The summed E-state index contributed by atoms with van der Waals surface area (Å²) in [5.74, 6) is 0.692. The summed E-state index contributed by atoms with van der Waals surface area (Å²) in [5.41, 5.74) is 0.344. The molecule has 114 valence electrons. The van der Waals surface area contributed by atoms with E-state index in [0.717, 1.165) is 19.2 Å². The zero-order valence-corrected chi connectivity index (χ0v) is 12.5. The highest BCUT2D eigenvalue weighted by Crippen LogP contribution is 2.32. The number of rotatable bonds is 3. The third-order valence-electron chi connectivity index (χ3n) is 4.36. The Kier molecular flexibility index (Phi) is 3.46. The van der Waals surface area contributed by atoms with Crippen molar-refractivity contribution in [2.75, 3.05) is 26.2 Å². The zero-order chi connectivity index (χ0) is 15.2. The number of nitro groups is 1. The Morgan fingerprint density at radius 2 is 1.90 bits per heavy atom. The number of non-ortho nitro benzene ring substituents is 1. The van der Waals surface area contributed by atoms with Gasteiger partial charge in [0.1, 0.15) is 0 Å². The molecule has 1 aromatic carbocycles. The third kappa shape index (κ3) is 2.43. The number of hydrogen-bond donors (Lipinski definition) is 1. The highest BCUT2D eigenvalue weighted by molar-refractivity contribution is 7.89. The Labute approximate surface area is 123 Å². The average Bonchev–Trinajstić information content (AvgIpc) is 2.99. The first-order valence-electron chi connectivity index (χ1n) is 6.85. The van der Waals surface area contributed by atoms with E-state index in [0.29, 0.717) is 30.5 Å². The van der Waals surface area contributed by atoms with Gasteiger partial charge >= 0.3 is 0 Å². The second-order valence-corrected chi connectivity index (χ2v) is 7.61. The fourth-order valence-electron chi connectivity index (χ4n) is 3.13. The lowest BCUT2D eigenvalue weighted by Gasteiger charge is -2.18. The van der Waals surface area contributed by atoms with Gasteiger partial charge in [0.25, 0.3) is 5.69 Å². The molecule has 0 spiro atoms. The summed E-state index contributed by atoms with van der Waals surface area (Å²) in [6.07, 6.45) is 0. The largest absolute Gasteiger partial charge is 0.316 e. The number of nitro benzene ring substituents is 1. The normalized spacial score (nSPS) is 26.0. The van der Waals surface area contributed by atoms with E-state index < -0.39 is 14.9 Å². The van der Waals surface area contributed by atoms with Gasteiger partial charge < -0.3 is 5.32 Å². The Morgan fingerprint density at radius 1 is 1.29 bits per heavy atom. The van der Waals surface area contributed by atoms with Crippen molar-refractivity contribution in [3.8, 4) is 0 Å². The van der Waals surface area contributed by atoms with Crippen LogP contribution in [0.4, 0.5) is 5.69 Å². The standard InChI is InChI=1S/C13H17N3O4S/c1-9-2-3-12(16(17)18)4-13(9)21(19,20)15-7-10-5-14-6-11(10)8-15/h2-4,10-11,14H,5-8H2,1H3. The number of benzene rings is 1. The molecular formula is C13H17N3O4S. The van der Waals surface area contributed by atoms with E-state index in [-0.39, 0.29) is 10.6 Å². The fourth-order valence-corrected chi connectivity index (χ4v) is 4.93. The lowest BCUT2D eigenvalue weighted by atomic mass is 10.0. The van der Waals surface area contributed by atoms with E-state index in [4.69, 9.17) is 0 Å². The van der Waals surface area contributed by atoms with Crippen LogP contribution in [-0.2, 0) is 10.0 Å². The van der Waals surface area contributed by atoms with Crippen LogP contribution in [0.2, 0.25) is 0 Å². The van der Waals surface area contributed by atoms with E-state index in [1.54, 1.807) is 6.92 Å². The van der Waals surface area contributed by atoms with Gasteiger partial charge in [-0.15, -0.1) is 0 Å². The maximum absolute atomic E-state index is 12.7. The summed E-state index contributed by atoms with van der Waals surface area (Å²) >= 11 is 0. The molecule has 3 rings (SSSR count). The van der Waals surface area contributed by atoms with Crippen LogP contribution in [-0.4, -0.2) is 43.8 Å². The molecule has 1 aromatic rings. The van der Waals surface area contributed by atoms with Gasteiger partial charge in [0.05, 0.1) is 9.82 Å². The van der Waals surface area contributed by atoms with Gasteiger partial charge in [0.2, 0.25) is 10.0 Å². The van der Waals surface area contributed by atoms with Crippen LogP contribution < -0.4 is 5.32 Å². The fraction of sp³-hybridized carbons (Fsp3) is 0.538. The van der Waals surface area contributed by atoms with Gasteiger partial charge in [0, 0.05) is 25.2 Å². The molecule has 21 heavy (non-hydrogen) atoms. The van der Waals surface area contributed by atoms with Crippen molar-refractivity contribution in [1.29, 1.82) is 0 Å². The molecule has 2 saturated heterocycles. The van der Waals surface area contributed by atoms with E-state index in [9.17, 15) is 18.5 Å². The zero-order valence-electron chi connectivity index (χ0n) is 11.7. The number of nitrogens with one attached hydrogen (secondary N) is 1. The number of sulfonamides is 1. The summed E-state index contributed by atoms with van der Waals surface area (Å²) in [4.78, 5) is 10.3. The smallest absolute Gasteiger partial charge is 0.270 e. The van der Waals surface area contributed by atoms with Gasteiger partial charge in [-0.2, -0.15) is 4.31 Å². The Bertz CT molecular complexity index is 677. The van der Waals surface area contributed by atoms with E-state index in [1.165, 1.54) is 16.4 Å². The van der Waals surface area contributed by atoms with Gasteiger partial charge in [-0.25, -0.2) is 8.42 Å². The van der Waals surface area contributed by atoms with Crippen molar-refractivity contribution in [3.05, 3.63) is 33.9 Å². The predicted octanol–water partition coefficient (Wildman–Crippen LogP) is 0.743. The molecule has 0 bridgehead atoms. The van der Waals surface area contributed by atoms with E-state index in [2.05, 4.69) is 5.32 Å². The summed E-state index contributed by atoms with van der Waals surface area (Å²) < 4.78 is 27.0. The van der Waals surface area contributed by atoms with Gasteiger partial charge in [-0.3, -0.25) is 10.1 Å². The molecule has 2 heterocycles. The molecule has 2 aliphatic rings. The van der Waals surface area contributed by atoms with Gasteiger partial charge in [0.15, 0.2) is 0 Å². The molecule has 2 fully saturated rings. The topological polar surface area (TPSA) is 92.5 Å². The SMILES string of the molecule is Cc1ccc([N+](=O)[O-])cc1S(=O)(=O)N1CC2CNCC2C1. The van der Waals surface area contributed by atoms with Crippen molar-refractivity contribution in [2.45, 2.75) is 11.8 Å². The minimum Gasteiger partial charge on any atom is -0.316 e. The maximum Gasteiger partial charge on any atom is 0.270 e. The first kappa shape index (κ1) is 14.4. The second kappa shape index (κ2) is 5.04. The number of nitrogens with zero attached hydrogens (tertiary/aromatic N) is 2. The minimum absolute atomic E-state index is 0.0460. The summed E-state index contributed by atoms with van der Waals surface area (Å²) in [6.45, 7) is 4.31. The molecule has 0 saturated carbocycles. The third-order valence-corrected chi connectivity index (χ3v) is 6.33. The van der Waals surface area contributed by atoms with Crippen molar-refractivity contribution >= 4 is 15.7 Å². The van der Waals surface area contributed by atoms with Crippen LogP contribution in [0.5, 0.6) is 0 Å². The Morgan fingerprint density at radius 3 is 2.48 bits per heavy atom. The number of hydrogen-bond acceptors (Lipinski definition) is 5. The monoisotopic (exact) mass is 311 g/mol. The predicted molar refractivity (Wildman–Crippen MR) is 76.4 cm³/mol. The summed E-state index contributed by atoms with van der Waals surface area (Å²) in [6, 6.07) is 3.98. The van der Waals surface area contributed by atoms with Crippen molar-refractivity contribution < 1.29 is 13.3 Å². The lowest BCUT2D eigenvalue weighted by Crippen LogP contribution is -2.32. The van der Waals surface area contributed by atoms with E-state index >= 15 is 0 Å². The molecule has 0 aliphatic carbocycles. The average molecular weight is 311 g/mol. The molecule has 7 nitrogen and oxygen atoms in total. The molecule has 0 radical (unpaired) electrons. The van der Waals surface area contributed by atoms with Crippen LogP contribution in [0.25, 0.3) is 0 Å². The van der Waals surface area contributed by atoms with E-state index in [1.807, 2.05) is 0 Å². The Hall–Kier alpha value is -1.51. The van der Waals surface area contributed by atoms with Gasteiger partial charge in [-0.05, 0) is 37.4 Å². The number of fused-ring (bicyclic) bond motifs is 1. The highest BCUT2D eigenvalue weighted by atomic mass is 32.2. The lowest BCUT2D eigenvalue weighted by molar-refractivity contribution is -0.385. The van der Waals surface area contributed by atoms with Crippen molar-refractivity contribution in [1.82, 2.24) is 9.62 Å². The van der Waals surface area contributed by atoms with Crippen LogP contribution in [0.15, 0.2) is 23.1 Å². The Balaban J connectivity index is 1.95. The first-order chi connectivity index (χ1) is 9.89. The molecule has 0 aromatic heterocycles. The molecule has 2 atom stereocenters. The molecular weight excluding hydrogens is 294 g/mol. The van der Waals surface area contributed by atoms with Crippen molar-refractivity contribution in [3.63, 3.8) is 0 Å². The first-order valence-corrected chi connectivity index (χ1v) is 8.29. The molecule has 2 aliphatic heterocycles. The second-order valence-electron chi connectivity index (χ2n) is 5.71. The molecule has 0 amide bonds. The molecule has 1 N–H and O–H groups in total. The van der Waals surface area contributed by atoms with Crippen molar-refractivity contribution in [2.24, 2.45) is 11.8 Å². The number of aryl methyl sites for hydroxylation is 1. The summed E-state index contributed by atoms with van der Waals surface area (Å²) in [5, 5.41) is 14.1.